The van der Waals surface area contributed by atoms with Crippen LogP contribution in [0.3, 0.4) is 0 Å². The molecular formula is C23H30N2O4. The number of hydrogen-bond acceptors (Lipinski definition) is 4. The van der Waals surface area contributed by atoms with Crippen LogP contribution in [-0.2, 0) is 14.9 Å². The van der Waals surface area contributed by atoms with E-state index in [4.69, 9.17) is 9.47 Å². The first-order valence-corrected chi connectivity index (χ1v) is 9.70. The number of nitrogens with one attached hydrogen (secondary N) is 2. The maximum atomic E-state index is 12.2. The van der Waals surface area contributed by atoms with Gasteiger partial charge in [0.15, 0.2) is 6.61 Å². The van der Waals surface area contributed by atoms with E-state index in [0.29, 0.717) is 30.2 Å². The van der Waals surface area contributed by atoms with Gasteiger partial charge in [0.2, 0.25) is 0 Å². The van der Waals surface area contributed by atoms with Crippen LogP contribution in [0.5, 0.6) is 5.75 Å². The summed E-state index contributed by atoms with van der Waals surface area (Å²) in [5.41, 5.74) is 2.30. The van der Waals surface area contributed by atoms with Crippen LogP contribution < -0.4 is 15.4 Å². The van der Waals surface area contributed by atoms with Crippen LogP contribution >= 0.6 is 0 Å². The van der Waals surface area contributed by atoms with Gasteiger partial charge in [-0.25, -0.2) is 0 Å². The molecule has 0 fully saturated rings. The minimum atomic E-state index is -0.289. The van der Waals surface area contributed by atoms with Gasteiger partial charge in [-0.1, -0.05) is 39.0 Å². The third kappa shape index (κ3) is 7.58. The molecule has 0 bridgehead atoms. The molecule has 29 heavy (non-hydrogen) atoms. The minimum absolute atomic E-state index is 0.0665. The molecule has 2 N–H and O–H groups in total. The molecule has 156 valence electrons. The van der Waals surface area contributed by atoms with Crippen LogP contribution in [0.1, 0.15) is 43.1 Å². The van der Waals surface area contributed by atoms with Gasteiger partial charge in [-0.3, -0.25) is 9.59 Å². The number of carbonyl (C=O) groups excluding carboxylic acids is 2. The molecule has 0 atom stereocenters. The molecule has 0 radical (unpaired) electrons. The number of carbonyl (C=O) groups is 2. The summed E-state index contributed by atoms with van der Waals surface area (Å²) in [4.78, 5) is 24.4. The summed E-state index contributed by atoms with van der Waals surface area (Å²) in [6.07, 6.45) is 0.743. The first kappa shape index (κ1) is 22.4. The van der Waals surface area contributed by atoms with E-state index in [2.05, 4.69) is 31.4 Å². The highest BCUT2D eigenvalue weighted by Gasteiger charge is 2.13. The van der Waals surface area contributed by atoms with Crippen molar-refractivity contribution in [2.24, 2.45) is 0 Å². The number of rotatable bonds is 9. The number of anilines is 1. The van der Waals surface area contributed by atoms with Crippen molar-refractivity contribution in [2.45, 2.75) is 32.6 Å². The van der Waals surface area contributed by atoms with E-state index < -0.39 is 0 Å². The maximum Gasteiger partial charge on any atom is 0.262 e. The quantitative estimate of drug-likeness (QED) is 0.631. The Morgan fingerprint density at radius 1 is 1.03 bits per heavy atom. The lowest BCUT2D eigenvalue weighted by atomic mass is 9.87. The van der Waals surface area contributed by atoms with Gasteiger partial charge in [0.1, 0.15) is 5.75 Å². The second-order valence-corrected chi connectivity index (χ2v) is 7.79. The fourth-order valence-corrected chi connectivity index (χ4v) is 2.66. The van der Waals surface area contributed by atoms with E-state index in [0.717, 1.165) is 6.42 Å². The molecule has 0 unspecified atom stereocenters. The summed E-state index contributed by atoms with van der Waals surface area (Å²) in [6, 6.07) is 14.5. The molecule has 0 aliphatic carbocycles. The molecule has 6 nitrogen and oxygen atoms in total. The standard InChI is InChI=1S/C23H30N2O4/c1-23(2,3)18-9-11-20(12-10-18)29-16-21(26)25-19-8-5-7-17(15-19)22(27)24-13-6-14-28-4/h5,7-12,15H,6,13-14,16H2,1-4H3,(H,24,27)(H,25,26). The summed E-state index contributed by atoms with van der Waals surface area (Å²) in [5, 5.41) is 5.58. The largest absolute Gasteiger partial charge is 0.484 e. The van der Waals surface area contributed by atoms with E-state index in [-0.39, 0.29) is 23.8 Å². The average molecular weight is 399 g/mol. The Morgan fingerprint density at radius 3 is 2.41 bits per heavy atom. The van der Waals surface area contributed by atoms with Crippen LogP contribution in [0.15, 0.2) is 48.5 Å². The van der Waals surface area contributed by atoms with Crippen LogP contribution in [0.2, 0.25) is 0 Å². The lowest BCUT2D eigenvalue weighted by Gasteiger charge is -2.19. The number of methoxy groups -OCH3 is 1. The fourth-order valence-electron chi connectivity index (χ4n) is 2.66. The highest BCUT2D eigenvalue weighted by molar-refractivity contribution is 5.97. The zero-order valence-corrected chi connectivity index (χ0v) is 17.6. The number of benzene rings is 2. The van der Waals surface area contributed by atoms with Crippen LogP contribution in [0.25, 0.3) is 0 Å². The van der Waals surface area contributed by atoms with Crippen molar-refractivity contribution in [1.82, 2.24) is 5.32 Å². The van der Waals surface area contributed by atoms with Gasteiger partial charge in [-0.2, -0.15) is 0 Å². The van der Waals surface area contributed by atoms with Crippen LogP contribution in [0, 0.1) is 0 Å². The first-order valence-electron chi connectivity index (χ1n) is 9.70. The molecule has 0 spiro atoms. The van der Waals surface area contributed by atoms with Crippen molar-refractivity contribution in [3.05, 3.63) is 59.7 Å². The molecule has 0 aromatic heterocycles. The van der Waals surface area contributed by atoms with Crippen molar-refractivity contribution >= 4 is 17.5 Å². The molecule has 0 saturated heterocycles. The molecule has 2 aromatic carbocycles. The average Bonchev–Trinajstić information content (AvgIpc) is 2.69. The molecule has 2 aromatic rings. The molecule has 0 heterocycles. The Bertz CT molecular complexity index is 810. The second-order valence-electron chi connectivity index (χ2n) is 7.79. The monoisotopic (exact) mass is 398 g/mol. The first-order chi connectivity index (χ1) is 13.8. The van der Waals surface area contributed by atoms with Gasteiger partial charge in [-0.15, -0.1) is 0 Å². The lowest BCUT2D eigenvalue weighted by molar-refractivity contribution is -0.118. The predicted octanol–water partition coefficient (Wildman–Crippen LogP) is 3.77. The lowest BCUT2D eigenvalue weighted by Crippen LogP contribution is -2.25. The highest BCUT2D eigenvalue weighted by atomic mass is 16.5. The number of amides is 2. The predicted molar refractivity (Wildman–Crippen MR) is 115 cm³/mol. The van der Waals surface area contributed by atoms with E-state index >= 15 is 0 Å². The second kappa shape index (κ2) is 10.6. The Kier molecular flexibility index (Phi) is 8.21. The van der Waals surface area contributed by atoms with Crippen molar-refractivity contribution in [3.63, 3.8) is 0 Å². The zero-order valence-electron chi connectivity index (χ0n) is 17.6. The highest BCUT2D eigenvalue weighted by Crippen LogP contribution is 2.24. The van der Waals surface area contributed by atoms with Gasteiger partial charge in [0, 0.05) is 31.5 Å². The van der Waals surface area contributed by atoms with Gasteiger partial charge >= 0.3 is 0 Å². The van der Waals surface area contributed by atoms with Crippen molar-refractivity contribution in [3.8, 4) is 5.75 Å². The summed E-state index contributed by atoms with van der Waals surface area (Å²) in [7, 11) is 1.62. The van der Waals surface area contributed by atoms with Gasteiger partial charge in [-0.05, 0) is 47.7 Å². The SMILES string of the molecule is COCCCNC(=O)c1cccc(NC(=O)COc2ccc(C(C)(C)C)cc2)c1. The summed E-state index contributed by atoms with van der Waals surface area (Å²) >= 11 is 0. The molecule has 2 amide bonds. The van der Waals surface area contributed by atoms with Crippen molar-refractivity contribution < 1.29 is 19.1 Å². The number of ether oxygens (including phenoxy) is 2. The van der Waals surface area contributed by atoms with E-state index in [1.807, 2.05) is 24.3 Å². The Labute approximate surface area is 172 Å². The Morgan fingerprint density at radius 2 is 1.76 bits per heavy atom. The molecule has 0 saturated carbocycles. The van der Waals surface area contributed by atoms with E-state index in [1.54, 1.807) is 31.4 Å². The normalized spacial score (nSPS) is 11.0. The third-order valence-corrected chi connectivity index (χ3v) is 4.31. The van der Waals surface area contributed by atoms with Gasteiger partial charge < -0.3 is 20.1 Å². The third-order valence-electron chi connectivity index (χ3n) is 4.31. The smallest absolute Gasteiger partial charge is 0.262 e. The fraction of sp³-hybridized carbons (Fsp3) is 0.391. The van der Waals surface area contributed by atoms with Gasteiger partial charge in [0.25, 0.3) is 11.8 Å². The molecule has 0 aliphatic rings. The topological polar surface area (TPSA) is 76.7 Å². The van der Waals surface area contributed by atoms with Crippen molar-refractivity contribution in [2.75, 3.05) is 32.2 Å². The molecular weight excluding hydrogens is 368 g/mol. The zero-order chi connectivity index (χ0) is 21.3. The summed E-state index contributed by atoms with van der Waals surface area (Å²) < 4.78 is 10.5. The number of hydrogen-bond donors (Lipinski definition) is 2. The Hall–Kier alpha value is -2.86. The van der Waals surface area contributed by atoms with E-state index in [9.17, 15) is 9.59 Å². The Balaban J connectivity index is 1.85. The minimum Gasteiger partial charge on any atom is -0.484 e. The van der Waals surface area contributed by atoms with Crippen molar-refractivity contribution in [1.29, 1.82) is 0 Å². The molecule has 0 aliphatic heterocycles. The van der Waals surface area contributed by atoms with Crippen LogP contribution in [-0.4, -0.2) is 38.7 Å². The summed E-state index contributed by atoms with van der Waals surface area (Å²) in [5.74, 6) is 0.160. The van der Waals surface area contributed by atoms with Gasteiger partial charge in [0.05, 0.1) is 0 Å². The maximum absolute atomic E-state index is 12.2. The molecule has 2 rings (SSSR count). The summed E-state index contributed by atoms with van der Waals surface area (Å²) in [6.45, 7) is 7.45. The van der Waals surface area contributed by atoms with Crippen LogP contribution in [0.4, 0.5) is 5.69 Å². The molecule has 6 heteroatoms. The van der Waals surface area contributed by atoms with E-state index in [1.165, 1.54) is 5.56 Å².